The lowest BCUT2D eigenvalue weighted by atomic mass is 10.1. The highest BCUT2D eigenvalue weighted by molar-refractivity contribution is 5.69. The Labute approximate surface area is 271 Å². The molecule has 2 aromatic carbocycles. The fraction of sp³-hybridized carbons (Fsp3) is 0.667. The van der Waals surface area contributed by atoms with Crippen LogP contribution in [-0.4, -0.2) is 43.8 Å². The molecule has 2 rings (SSSR count). The Morgan fingerprint density at radius 2 is 0.556 bits per heavy atom. The first-order valence-corrected chi connectivity index (χ1v) is 15.5. The predicted molar refractivity (Wildman–Crippen MR) is 179 cm³/mol. The van der Waals surface area contributed by atoms with Gasteiger partial charge < -0.3 is 43.4 Å². The topological polar surface area (TPSA) is 105 Å². The van der Waals surface area contributed by atoms with Crippen molar-refractivity contribution in [3.05, 3.63) is 12.1 Å². The summed E-state index contributed by atoms with van der Waals surface area (Å²) < 4.78 is 44.4. The van der Waals surface area contributed by atoms with Gasteiger partial charge in [0.15, 0.2) is 23.0 Å². The number of phenols is 2. The third-order valence-electron chi connectivity index (χ3n) is 4.97. The van der Waals surface area contributed by atoms with Crippen molar-refractivity contribution in [3.8, 4) is 57.5 Å². The van der Waals surface area contributed by atoms with E-state index in [-0.39, 0.29) is 57.5 Å². The number of hydrogen-bond donors (Lipinski definition) is 2. The van der Waals surface area contributed by atoms with E-state index >= 15 is 0 Å². The molecule has 0 heterocycles. The normalized spacial score (nSPS) is 13.3. The third-order valence-corrected chi connectivity index (χ3v) is 4.97. The first kappa shape index (κ1) is 37.8. The van der Waals surface area contributed by atoms with Gasteiger partial charge in [0.1, 0.15) is 33.6 Å². The van der Waals surface area contributed by atoms with Crippen LogP contribution in [0.15, 0.2) is 12.1 Å². The highest BCUT2D eigenvalue weighted by atomic mass is 16.6. The number of hydrogen-bond acceptors (Lipinski definition) is 9. The Morgan fingerprint density at radius 3 is 0.778 bits per heavy atom. The molecule has 0 aromatic heterocycles. The number of benzene rings is 2. The van der Waals surface area contributed by atoms with Crippen molar-refractivity contribution in [1.29, 1.82) is 0 Å². The summed E-state index contributed by atoms with van der Waals surface area (Å²) in [6.07, 6.45) is 0. The van der Waals surface area contributed by atoms with Crippen LogP contribution in [0.4, 0.5) is 0 Å². The average molecular weight is 635 g/mol. The van der Waals surface area contributed by atoms with E-state index in [1.54, 1.807) is 12.1 Å². The van der Waals surface area contributed by atoms with Gasteiger partial charge in [-0.3, -0.25) is 0 Å². The van der Waals surface area contributed by atoms with Crippen LogP contribution in [0.3, 0.4) is 0 Å². The highest BCUT2D eigenvalue weighted by Gasteiger charge is 2.35. The molecular weight excluding hydrogens is 576 g/mol. The van der Waals surface area contributed by atoms with Crippen LogP contribution in [0, 0.1) is 0 Å². The molecule has 0 unspecified atom stereocenters. The van der Waals surface area contributed by atoms with Crippen molar-refractivity contribution in [1.82, 2.24) is 0 Å². The maximum absolute atomic E-state index is 11.5. The number of rotatable bonds is 8. The van der Waals surface area contributed by atoms with Crippen LogP contribution in [0.25, 0.3) is 0 Å². The maximum Gasteiger partial charge on any atom is 0.211 e. The molecule has 0 atom stereocenters. The predicted octanol–water partition coefficient (Wildman–Crippen LogP) is 9.95. The fourth-order valence-corrected chi connectivity index (χ4v) is 3.86. The van der Waals surface area contributed by atoms with E-state index in [1.807, 2.05) is 125 Å². The van der Waals surface area contributed by atoms with Crippen LogP contribution in [-0.2, 0) is 0 Å². The Bertz CT molecular complexity index is 1230. The highest BCUT2D eigenvalue weighted by Crippen LogP contribution is 2.57. The second-order valence-electron chi connectivity index (χ2n) is 17.1. The maximum atomic E-state index is 11.5. The molecular formula is C36H58O9. The first-order chi connectivity index (χ1) is 19.8. The fourth-order valence-electron chi connectivity index (χ4n) is 3.86. The summed E-state index contributed by atoms with van der Waals surface area (Å²) in [5.41, 5.74) is -4.19. The van der Waals surface area contributed by atoms with Gasteiger partial charge >= 0.3 is 0 Å². The molecule has 9 heteroatoms. The van der Waals surface area contributed by atoms with Crippen molar-refractivity contribution in [3.63, 3.8) is 0 Å². The second kappa shape index (κ2) is 12.4. The van der Waals surface area contributed by atoms with E-state index in [4.69, 9.17) is 33.2 Å². The van der Waals surface area contributed by atoms with Gasteiger partial charge in [0.25, 0.3) is 0 Å². The molecule has 0 saturated heterocycles. The Balaban J connectivity index is 3.10. The molecule has 45 heavy (non-hydrogen) atoms. The summed E-state index contributed by atoms with van der Waals surface area (Å²) >= 11 is 0. The summed E-state index contributed by atoms with van der Waals surface area (Å²) in [6.45, 7) is 33.7. The summed E-state index contributed by atoms with van der Waals surface area (Å²) in [4.78, 5) is 0. The SMILES string of the molecule is CC(C)(C)Oc1cc(Oc2cc(OC(C)(C)C)c(O)c(OC(C)(C)C)c2OC(C)(C)C)c(OC(C)(C)C)c(OC(C)(C)C)c1O. The molecule has 0 spiro atoms. The molecule has 0 radical (unpaired) electrons. The van der Waals surface area contributed by atoms with E-state index in [2.05, 4.69) is 0 Å². The average Bonchev–Trinajstić information content (AvgIpc) is 2.74. The number of aromatic hydroxyl groups is 2. The lowest BCUT2D eigenvalue weighted by Gasteiger charge is -2.32. The number of ether oxygens (including phenoxy) is 7. The van der Waals surface area contributed by atoms with Crippen molar-refractivity contribution in [2.24, 2.45) is 0 Å². The molecule has 0 bridgehead atoms. The minimum absolute atomic E-state index is 0.0589. The van der Waals surface area contributed by atoms with Crippen LogP contribution >= 0.6 is 0 Å². The van der Waals surface area contributed by atoms with Crippen LogP contribution in [0.2, 0.25) is 0 Å². The first-order valence-electron chi connectivity index (χ1n) is 15.5. The molecule has 9 nitrogen and oxygen atoms in total. The smallest absolute Gasteiger partial charge is 0.211 e. The van der Waals surface area contributed by atoms with Gasteiger partial charge in [-0.2, -0.15) is 0 Å². The molecule has 0 aliphatic carbocycles. The molecule has 2 N–H and O–H groups in total. The standard InChI is InChI=1S/C36H58O9/c1-31(2,3)40-21-19-23(27(42-33(7,8)9)29(25(21)37)44-35(13,14)15)39-24-20-22(41-32(4,5)6)26(38)30(45-36(16,17)18)28(24)43-34(10,11)12/h19-20,37-38H,1-18H3. The largest absolute Gasteiger partial charge is 0.502 e. The van der Waals surface area contributed by atoms with E-state index < -0.39 is 33.6 Å². The molecule has 0 fully saturated rings. The van der Waals surface area contributed by atoms with Gasteiger partial charge in [-0.05, 0) is 125 Å². The summed E-state index contributed by atoms with van der Waals surface area (Å²) in [5, 5.41) is 23.0. The molecule has 0 aliphatic heterocycles. The molecule has 256 valence electrons. The Morgan fingerprint density at radius 1 is 0.333 bits per heavy atom. The van der Waals surface area contributed by atoms with E-state index in [0.29, 0.717) is 0 Å². The zero-order valence-corrected chi connectivity index (χ0v) is 30.9. The molecule has 0 amide bonds. The van der Waals surface area contributed by atoms with Crippen molar-refractivity contribution < 1.29 is 43.4 Å². The van der Waals surface area contributed by atoms with Crippen LogP contribution in [0.5, 0.6) is 57.5 Å². The third kappa shape index (κ3) is 12.2. The molecule has 0 saturated carbocycles. The summed E-state index contributed by atoms with van der Waals surface area (Å²) in [7, 11) is 0. The van der Waals surface area contributed by atoms with E-state index in [9.17, 15) is 10.2 Å². The van der Waals surface area contributed by atoms with Crippen LogP contribution < -0.4 is 33.2 Å². The van der Waals surface area contributed by atoms with Gasteiger partial charge in [0, 0.05) is 12.1 Å². The van der Waals surface area contributed by atoms with Gasteiger partial charge in [-0.15, -0.1) is 0 Å². The lowest BCUT2D eigenvalue weighted by Crippen LogP contribution is -2.28. The Kier molecular flexibility index (Phi) is 10.5. The van der Waals surface area contributed by atoms with Gasteiger partial charge in [-0.25, -0.2) is 0 Å². The van der Waals surface area contributed by atoms with Crippen LogP contribution in [0.1, 0.15) is 125 Å². The zero-order chi connectivity index (χ0) is 35.1. The van der Waals surface area contributed by atoms with Gasteiger partial charge in [-0.1, -0.05) is 0 Å². The molecule has 2 aromatic rings. The van der Waals surface area contributed by atoms with Crippen molar-refractivity contribution in [2.75, 3.05) is 0 Å². The summed E-state index contributed by atoms with van der Waals surface area (Å²) in [6, 6.07) is 3.11. The lowest BCUT2D eigenvalue weighted by molar-refractivity contribution is 0.0810. The number of phenolic OH excluding ortho intramolecular Hbond substituents is 2. The Hall–Kier alpha value is -3.36. The van der Waals surface area contributed by atoms with Gasteiger partial charge in [0.05, 0.1) is 0 Å². The second-order valence-corrected chi connectivity index (χ2v) is 17.1. The quantitative estimate of drug-likeness (QED) is 0.293. The monoisotopic (exact) mass is 634 g/mol. The summed E-state index contributed by atoms with van der Waals surface area (Å²) in [5.74, 6) is 0.592. The zero-order valence-electron chi connectivity index (χ0n) is 30.9. The van der Waals surface area contributed by atoms with Crippen molar-refractivity contribution >= 4 is 0 Å². The minimum Gasteiger partial charge on any atom is -0.502 e. The minimum atomic E-state index is -0.717. The van der Waals surface area contributed by atoms with E-state index in [1.165, 1.54) is 0 Å². The van der Waals surface area contributed by atoms with E-state index in [0.717, 1.165) is 0 Å². The van der Waals surface area contributed by atoms with Crippen molar-refractivity contribution in [2.45, 2.75) is 158 Å². The molecule has 0 aliphatic rings. The van der Waals surface area contributed by atoms with Gasteiger partial charge in [0.2, 0.25) is 34.5 Å².